The van der Waals surface area contributed by atoms with Crippen LogP contribution in [0.3, 0.4) is 0 Å². The number of benzene rings is 2. The molecular weight excluding hydrogens is 398 g/mol. The van der Waals surface area contributed by atoms with Crippen molar-refractivity contribution in [2.45, 2.75) is 32.6 Å². The summed E-state index contributed by atoms with van der Waals surface area (Å²) in [5.74, 6) is -0.488. The summed E-state index contributed by atoms with van der Waals surface area (Å²) in [4.78, 5) is 25.7. The van der Waals surface area contributed by atoms with E-state index in [2.05, 4.69) is 12.2 Å². The molecule has 1 amide bonds. The fraction of sp³-hybridized carbons (Fsp3) is 0.250. The molecule has 2 aromatic carbocycles. The Morgan fingerprint density at radius 1 is 1.17 bits per heavy atom. The van der Waals surface area contributed by atoms with Crippen LogP contribution in [-0.4, -0.2) is 23.6 Å². The van der Waals surface area contributed by atoms with Crippen LogP contribution < -0.4 is 10.1 Å². The normalized spacial score (nSPS) is 15.4. The van der Waals surface area contributed by atoms with Crippen molar-refractivity contribution in [3.8, 4) is 16.9 Å². The van der Waals surface area contributed by atoms with E-state index in [-0.39, 0.29) is 23.1 Å². The second-order valence-electron chi connectivity index (χ2n) is 7.44. The molecule has 1 aromatic heterocycles. The van der Waals surface area contributed by atoms with Gasteiger partial charge in [0.15, 0.2) is 0 Å². The van der Waals surface area contributed by atoms with Gasteiger partial charge < -0.3 is 15.2 Å². The van der Waals surface area contributed by atoms with E-state index in [4.69, 9.17) is 4.74 Å². The van der Waals surface area contributed by atoms with Crippen LogP contribution in [0, 0.1) is 6.92 Å². The van der Waals surface area contributed by atoms with Crippen LogP contribution in [0.25, 0.3) is 11.1 Å². The summed E-state index contributed by atoms with van der Waals surface area (Å²) in [5, 5.41) is 12.8. The van der Waals surface area contributed by atoms with Crippen LogP contribution in [0.15, 0.2) is 48.5 Å². The van der Waals surface area contributed by atoms with E-state index in [0.717, 1.165) is 33.7 Å². The summed E-state index contributed by atoms with van der Waals surface area (Å²) in [5.41, 5.74) is 4.06. The molecule has 1 unspecified atom stereocenters. The van der Waals surface area contributed by atoms with Crippen LogP contribution in [0.2, 0.25) is 0 Å². The van der Waals surface area contributed by atoms with Gasteiger partial charge in [-0.3, -0.25) is 4.79 Å². The van der Waals surface area contributed by atoms with Crippen molar-refractivity contribution in [2.75, 3.05) is 11.9 Å². The molecule has 1 aliphatic rings. The standard InChI is InChI=1S/C24H23NO4S/c1-3-12-29-17-10-8-15(9-11-17)18-13-19(26)25-21-20(16-6-4-14(2)5-7-16)23(24(27)28)30-22(18)21/h4-11,18H,3,12-13H2,1-2H3,(H,25,26)(H,27,28). The topological polar surface area (TPSA) is 75.6 Å². The molecule has 0 saturated carbocycles. The molecule has 2 heterocycles. The van der Waals surface area contributed by atoms with Crippen molar-refractivity contribution in [1.82, 2.24) is 0 Å². The number of hydrogen-bond acceptors (Lipinski definition) is 4. The van der Waals surface area contributed by atoms with Gasteiger partial charge in [-0.05, 0) is 36.6 Å². The maximum absolute atomic E-state index is 12.6. The second-order valence-corrected chi connectivity index (χ2v) is 8.49. The molecule has 5 nitrogen and oxygen atoms in total. The Kier molecular flexibility index (Phi) is 5.59. The molecule has 2 N–H and O–H groups in total. The number of nitrogens with one attached hydrogen (secondary N) is 1. The number of ether oxygens (including phenoxy) is 1. The summed E-state index contributed by atoms with van der Waals surface area (Å²) in [6.45, 7) is 4.69. The molecule has 3 aromatic rings. The molecule has 30 heavy (non-hydrogen) atoms. The third-order valence-electron chi connectivity index (χ3n) is 5.20. The number of rotatable bonds is 6. The number of fused-ring (bicyclic) bond motifs is 1. The highest BCUT2D eigenvalue weighted by Gasteiger charge is 2.34. The Balaban J connectivity index is 1.79. The molecule has 0 bridgehead atoms. The number of carbonyl (C=O) groups is 2. The van der Waals surface area contributed by atoms with Gasteiger partial charge in [0, 0.05) is 22.8 Å². The molecule has 0 saturated heterocycles. The zero-order chi connectivity index (χ0) is 21.3. The fourth-order valence-electron chi connectivity index (χ4n) is 3.72. The maximum atomic E-state index is 12.6. The largest absolute Gasteiger partial charge is 0.494 e. The van der Waals surface area contributed by atoms with E-state index in [1.54, 1.807) is 0 Å². The van der Waals surface area contributed by atoms with Gasteiger partial charge in [0.2, 0.25) is 5.91 Å². The van der Waals surface area contributed by atoms with Gasteiger partial charge in [-0.15, -0.1) is 11.3 Å². The van der Waals surface area contributed by atoms with E-state index >= 15 is 0 Å². The van der Waals surface area contributed by atoms with Crippen molar-refractivity contribution in [3.05, 3.63) is 69.4 Å². The van der Waals surface area contributed by atoms with Crippen LogP contribution in [0.5, 0.6) is 5.75 Å². The molecule has 6 heteroatoms. The quantitative estimate of drug-likeness (QED) is 0.536. The monoisotopic (exact) mass is 421 g/mol. The number of anilines is 1. The molecule has 0 fully saturated rings. The van der Waals surface area contributed by atoms with Gasteiger partial charge in [0.1, 0.15) is 10.6 Å². The van der Waals surface area contributed by atoms with Crippen molar-refractivity contribution in [3.63, 3.8) is 0 Å². The number of hydrogen-bond donors (Lipinski definition) is 2. The van der Waals surface area contributed by atoms with Crippen LogP contribution in [-0.2, 0) is 4.79 Å². The Morgan fingerprint density at radius 3 is 2.50 bits per heavy atom. The van der Waals surface area contributed by atoms with Crippen molar-refractivity contribution < 1.29 is 19.4 Å². The van der Waals surface area contributed by atoms with Gasteiger partial charge in [0.25, 0.3) is 0 Å². The van der Waals surface area contributed by atoms with Crippen molar-refractivity contribution in [2.24, 2.45) is 0 Å². The average Bonchev–Trinajstić information content (AvgIpc) is 3.12. The Hall–Kier alpha value is -3.12. The lowest BCUT2D eigenvalue weighted by Crippen LogP contribution is -2.22. The van der Waals surface area contributed by atoms with Crippen molar-refractivity contribution >= 4 is 28.9 Å². The highest BCUT2D eigenvalue weighted by molar-refractivity contribution is 7.15. The Morgan fingerprint density at radius 2 is 1.87 bits per heavy atom. The fourth-order valence-corrected chi connectivity index (χ4v) is 4.96. The van der Waals surface area contributed by atoms with E-state index in [1.165, 1.54) is 11.3 Å². The first-order chi connectivity index (χ1) is 14.5. The van der Waals surface area contributed by atoms with Gasteiger partial charge in [-0.25, -0.2) is 4.79 Å². The lowest BCUT2D eigenvalue weighted by atomic mass is 9.88. The minimum absolute atomic E-state index is 0.109. The third kappa shape index (κ3) is 3.83. The molecular formula is C24H23NO4S. The molecule has 1 aliphatic heterocycles. The number of carbonyl (C=O) groups excluding carboxylic acids is 1. The van der Waals surface area contributed by atoms with Crippen LogP contribution in [0.4, 0.5) is 5.69 Å². The lowest BCUT2D eigenvalue weighted by molar-refractivity contribution is -0.116. The predicted octanol–water partition coefficient (Wildman–Crippen LogP) is 5.68. The summed E-state index contributed by atoms with van der Waals surface area (Å²) < 4.78 is 5.66. The lowest BCUT2D eigenvalue weighted by Gasteiger charge is -2.24. The SMILES string of the molecule is CCCOc1ccc(C2CC(=O)Nc3c2sc(C(=O)O)c3-c2ccc(C)cc2)cc1. The molecule has 154 valence electrons. The number of thiophene rings is 1. The van der Waals surface area contributed by atoms with Gasteiger partial charge in [0.05, 0.1) is 12.3 Å². The van der Waals surface area contributed by atoms with E-state index in [1.807, 2.05) is 55.5 Å². The van der Waals surface area contributed by atoms with Crippen LogP contribution >= 0.6 is 11.3 Å². The van der Waals surface area contributed by atoms with Gasteiger partial charge >= 0.3 is 5.97 Å². The average molecular weight is 422 g/mol. The summed E-state index contributed by atoms with van der Waals surface area (Å²) >= 11 is 1.25. The molecule has 4 rings (SSSR count). The first kappa shape index (κ1) is 20.2. The summed E-state index contributed by atoms with van der Waals surface area (Å²) in [7, 11) is 0. The molecule has 0 spiro atoms. The Bertz CT molecular complexity index is 1080. The molecule has 1 atom stereocenters. The minimum atomic E-state index is -0.985. The maximum Gasteiger partial charge on any atom is 0.346 e. The smallest absolute Gasteiger partial charge is 0.346 e. The van der Waals surface area contributed by atoms with E-state index in [0.29, 0.717) is 17.9 Å². The van der Waals surface area contributed by atoms with E-state index in [9.17, 15) is 14.7 Å². The molecule has 0 aliphatic carbocycles. The molecule has 0 radical (unpaired) electrons. The van der Waals surface area contributed by atoms with Gasteiger partial charge in [-0.1, -0.05) is 48.9 Å². The Labute approximate surface area is 179 Å². The zero-order valence-corrected chi connectivity index (χ0v) is 17.7. The predicted molar refractivity (Wildman–Crippen MR) is 119 cm³/mol. The summed E-state index contributed by atoms with van der Waals surface area (Å²) in [6.07, 6.45) is 1.22. The van der Waals surface area contributed by atoms with Crippen molar-refractivity contribution in [1.29, 1.82) is 0 Å². The zero-order valence-electron chi connectivity index (χ0n) is 16.9. The number of amides is 1. The number of carboxylic acid groups (broad SMARTS) is 1. The number of aryl methyl sites for hydroxylation is 1. The number of carboxylic acids is 1. The number of aromatic carboxylic acids is 1. The minimum Gasteiger partial charge on any atom is -0.494 e. The third-order valence-corrected chi connectivity index (χ3v) is 6.49. The highest BCUT2D eigenvalue weighted by atomic mass is 32.1. The van der Waals surface area contributed by atoms with Gasteiger partial charge in [-0.2, -0.15) is 0 Å². The summed E-state index contributed by atoms with van der Waals surface area (Å²) in [6, 6.07) is 15.4. The second kappa shape index (κ2) is 8.32. The first-order valence-electron chi connectivity index (χ1n) is 9.97. The van der Waals surface area contributed by atoms with E-state index < -0.39 is 5.97 Å². The van der Waals surface area contributed by atoms with Crippen LogP contribution in [0.1, 0.15) is 51.4 Å². The first-order valence-corrected chi connectivity index (χ1v) is 10.8. The highest BCUT2D eigenvalue weighted by Crippen LogP contribution is 2.49.